The number of hydrogen-bond acceptors (Lipinski definition) is 6. The summed E-state index contributed by atoms with van der Waals surface area (Å²) < 4.78 is 20.1. The number of amides is 1. The number of benzene rings is 1. The smallest absolute Gasteiger partial charge is 0.413 e. The molecule has 0 atom stereocenters. The summed E-state index contributed by atoms with van der Waals surface area (Å²) in [5, 5.41) is 15.5. The fourth-order valence-electron chi connectivity index (χ4n) is 3.22. The van der Waals surface area contributed by atoms with E-state index < -0.39 is 23.5 Å². The van der Waals surface area contributed by atoms with Crippen LogP contribution in [0.3, 0.4) is 0 Å². The highest BCUT2D eigenvalue weighted by molar-refractivity contribution is 6.30. The van der Waals surface area contributed by atoms with E-state index in [-0.39, 0.29) is 33.3 Å². The molecule has 1 amide bonds. The lowest BCUT2D eigenvalue weighted by atomic mass is 10.0. The number of hydrogen-bond donors (Lipinski definition) is 3. The van der Waals surface area contributed by atoms with Gasteiger partial charge in [0.15, 0.2) is 0 Å². The van der Waals surface area contributed by atoms with Crippen LogP contribution in [0, 0.1) is 5.82 Å². The van der Waals surface area contributed by atoms with Gasteiger partial charge < -0.3 is 15.2 Å². The first-order valence-electron chi connectivity index (χ1n) is 10.5. The summed E-state index contributed by atoms with van der Waals surface area (Å²) in [4.78, 5) is 32.6. The van der Waals surface area contributed by atoms with Crippen LogP contribution >= 0.6 is 11.6 Å². The van der Waals surface area contributed by atoms with E-state index in [9.17, 15) is 19.1 Å². The van der Waals surface area contributed by atoms with Crippen molar-refractivity contribution in [1.82, 2.24) is 9.97 Å². The van der Waals surface area contributed by atoms with E-state index in [1.54, 1.807) is 27.7 Å². The van der Waals surface area contributed by atoms with Gasteiger partial charge in [-0.05, 0) is 63.6 Å². The first kappa shape index (κ1) is 25.6. The third-order valence-electron chi connectivity index (χ3n) is 4.59. The minimum atomic E-state index is -1.19. The average molecular weight is 499 g/mol. The summed E-state index contributed by atoms with van der Waals surface area (Å²) in [6.45, 7) is 10.8. The number of aromatic carboxylic acids is 1. The molecule has 0 bridgehead atoms. The minimum absolute atomic E-state index is 0.0389. The van der Waals surface area contributed by atoms with Gasteiger partial charge in [0.05, 0.1) is 17.1 Å². The number of halogens is 2. The monoisotopic (exact) mass is 498 g/mol. The number of carboxylic acids is 1. The zero-order valence-electron chi connectivity index (χ0n) is 19.6. The molecule has 0 fully saturated rings. The Morgan fingerprint density at radius 2 is 1.89 bits per heavy atom. The lowest BCUT2D eigenvalue weighted by Gasteiger charge is -2.22. The molecule has 2 heterocycles. The normalized spacial score (nSPS) is 11.0. The molecule has 1 aromatic carbocycles. The predicted octanol–water partition coefficient (Wildman–Crippen LogP) is 6.76. The SMILES string of the molecule is C=C(C)c1c(Nc2ccncc2C(=O)O)cc(-c2cc(Cl)ccc2F)nc1NC(=O)OC(C)(C)C. The van der Waals surface area contributed by atoms with Crippen LogP contribution in [0.5, 0.6) is 0 Å². The van der Waals surface area contributed by atoms with Crippen molar-refractivity contribution in [1.29, 1.82) is 0 Å². The maximum absolute atomic E-state index is 14.7. The summed E-state index contributed by atoms with van der Waals surface area (Å²) in [5.74, 6) is -1.74. The molecule has 2 aromatic heterocycles. The Morgan fingerprint density at radius 1 is 1.17 bits per heavy atom. The van der Waals surface area contributed by atoms with Gasteiger partial charge in [-0.2, -0.15) is 0 Å². The molecule has 182 valence electrons. The molecule has 0 aliphatic rings. The van der Waals surface area contributed by atoms with E-state index in [0.717, 1.165) is 0 Å². The van der Waals surface area contributed by atoms with Gasteiger partial charge in [-0.25, -0.2) is 19.0 Å². The number of rotatable bonds is 6. The zero-order chi connectivity index (χ0) is 25.9. The van der Waals surface area contributed by atoms with Gasteiger partial charge in [0, 0.05) is 28.5 Å². The fraction of sp³-hybridized carbons (Fsp3) is 0.200. The summed E-state index contributed by atoms with van der Waals surface area (Å²) >= 11 is 6.08. The molecule has 0 aliphatic heterocycles. The minimum Gasteiger partial charge on any atom is -0.478 e. The molecule has 3 N–H and O–H groups in total. The Morgan fingerprint density at radius 3 is 2.51 bits per heavy atom. The van der Waals surface area contributed by atoms with Crippen LogP contribution in [0.4, 0.5) is 26.4 Å². The summed E-state index contributed by atoms with van der Waals surface area (Å²) in [7, 11) is 0. The first-order valence-corrected chi connectivity index (χ1v) is 10.8. The summed E-state index contributed by atoms with van der Waals surface area (Å²) in [6.07, 6.45) is 1.84. The molecule has 10 heteroatoms. The molecule has 0 saturated heterocycles. The number of aromatic nitrogens is 2. The highest BCUT2D eigenvalue weighted by atomic mass is 35.5. The van der Waals surface area contributed by atoms with E-state index in [4.69, 9.17) is 16.3 Å². The number of nitrogens with zero attached hydrogens (tertiary/aromatic N) is 2. The van der Waals surface area contributed by atoms with Crippen molar-refractivity contribution < 1.29 is 23.8 Å². The second-order valence-corrected chi connectivity index (χ2v) is 9.10. The third-order valence-corrected chi connectivity index (χ3v) is 4.83. The standard InChI is InChI=1S/C25H24ClFN4O4/c1-13(2)21-20(29-18-8-9-28-12-16(18)23(32)33)11-19(15-10-14(26)6-7-17(15)27)30-22(21)31-24(34)35-25(3,4)5/h6-12H,1H2,2-5H3,(H,32,33)(H2,28,29,30,31,34). The number of carbonyl (C=O) groups is 2. The van der Waals surface area contributed by atoms with Crippen LogP contribution in [0.25, 0.3) is 16.8 Å². The Balaban J connectivity index is 2.24. The van der Waals surface area contributed by atoms with E-state index in [1.165, 1.54) is 42.7 Å². The third kappa shape index (κ3) is 6.33. The number of anilines is 3. The largest absolute Gasteiger partial charge is 0.478 e. The van der Waals surface area contributed by atoms with Crippen molar-refractivity contribution in [2.75, 3.05) is 10.6 Å². The highest BCUT2D eigenvalue weighted by Gasteiger charge is 2.22. The average Bonchev–Trinajstić information content (AvgIpc) is 2.73. The highest BCUT2D eigenvalue weighted by Crippen LogP contribution is 2.37. The topological polar surface area (TPSA) is 113 Å². The van der Waals surface area contributed by atoms with Gasteiger partial charge in [0.2, 0.25) is 0 Å². The maximum atomic E-state index is 14.7. The Bertz CT molecular complexity index is 1320. The second kappa shape index (κ2) is 10.1. The summed E-state index contributed by atoms with van der Waals surface area (Å²) in [5.41, 5.74) is 0.755. The molecule has 35 heavy (non-hydrogen) atoms. The van der Waals surface area contributed by atoms with Crippen LogP contribution in [-0.2, 0) is 4.74 Å². The van der Waals surface area contributed by atoms with Crippen molar-refractivity contribution in [2.45, 2.75) is 33.3 Å². The van der Waals surface area contributed by atoms with Crippen LogP contribution in [0.2, 0.25) is 5.02 Å². The van der Waals surface area contributed by atoms with Crippen molar-refractivity contribution in [3.8, 4) is 11.3 Å². The van der Waals surface area contributed by atoms with E-state index >= 15 is 0 Å². The maximum Gasteiger partial charge on any atom is 0.413 e. The Labute approximate surface area is 206 Å². The fourth-order valence-corrected chi connectivity index (χ4v) is 3.39. The molecule has 0 saturated carbocycles. The van der Waals surface area contributed by atoms with Gasteiger partial charge >= 0.3 is 12.1 Å². The molecule has 0 radical (unpaired) electrons. The molecule has 8 nitrogen and oxygen atoms in total. The predicted molar refractivity (Wildman–Crippen MR) is 134 cm³/mol. The zero-order valence-corrected chi connectivity index (χ0v) is 20.3. The number of carbonyl (C=O) groups excluding carboxylic acids is 1. The number of carboxylic acid groups (broad SMARTS) is 1. The van der Waals surface area contributed by atoms with Crippen molar-refractivity contribution in [2.24, 2.45) is 0 Å². The molecule has 3 aromatic rings. The lowest BCUT2D eigenvalue weighted by Crippen LogP contribution is -2.28. The molecule has 3 rings (SSSR count). The number of ether oxygens (including phenoxy) is 1. The molecular formula is C25H24ClFN4O4. The number of nitrogens with one attached hydrogen (secondary N) is 2. The van der Waals surface area contributed by atoms with E-state index in [0.29, 0.717) is 16.8 Å². The number of allylic oxidation sites excluding steroid dienone is 1. The van der Waals surface area contributed by atoms with Crippen molar-refractivity contribution in [3.63, 3.8) is 0 Å². The molecule has 0 aliphatic carbocycles. The molecule has 0 unspecified atom stereocenters. The van der Waals surface area contributed by atoms with Crippen LogP contribution in [0.1, 0.15) is 43.6 Å². The number of pyridine rings is 2. The van der Waals surface area contributed by atoms with Crippen LogP contribution in [0.15, 0.2) is 49.3 Å². The molecular weight excluding hydrogens is 475 g/mol. The second-order valence-electron chi connectivity index (χ2n) is 8.66. The molecule has 0 spiro atoms. The van der Waals surface area contributed by atoms with E-state index in [1.807, 2.05) is 0 Å². The lowest BCUT2D eigenvalue weighted by molar-refractivity contribution is 0.0633. The van der Waals surface area contributed by atoms with Crippen LogP contribution in [-0.4, -0.2) is 32.7 Å². The van der Waals surface area contributed by atoms with Crippen LogP contribution < -0.4 is 10.6 Å². The first-order chi connectivity index (χ1) is 16.4. The van der Waals surface area contributed by atoms with Crippen molar-refractivity contribution >= 4 is 46.4 Å². The Hall–Kier alpha value is -3.98. The van der Waals surface area contributed by atoms with Gasteiger partial charge in [-0.15, -0.1) is 0 Å². The quantitative estimate of drug-likeness (QED) is 0.344. The van der Waals surface area contributed by atoms with Gasteiger partial charge in [0.25, 0.3) is 0 Å². The van der Waals surface area contributed by atoms with Gasteiger partial charge in [0.1, 0.15) is 22.8 Å². The Kier molecular flexibility index (Phi) is 7.40. The van der Waals surface area contributed by atoms with Gasteiger partial charge in [-0.3, -0.25) is 10.3 Å². The van der Waals surface area contributed by atoms with E-state index in [2.05, 4.69) is 27.2 Å². The van der Waals surface area contributed by atoms with Crippen molar-refractivity contribution in [3.05, 3.63) is 71.3 Å². The summed E-state index contributed by atoms with van der Waals surface area (Å²) in [6, 6.07) is 7.00. The van der Waals surface area contributed by atoms with Gasteiger partial charge in [-0.1, -0.05) is 18.2 Å².